The third-order valence-corrected chi connectivity index (χ3v) is 9.03. The summed E-state index contributed by atoms with van der Waals surface area (Å²) in [4.78, 5) is 0. The summed E-state index contributed by atoms with van der Waals surface area (Å²) < 4.78 is 53.5. The van der Waals surface area contributed by atoms with Gasteiger partial charge in [0.15, 0.2) is 5.34 Å². The van der Waals surface area contributed by atoms with Gasteiger partial charge in [-0.15, -0.1) is 0 Å². The van der Waals surface area contributed by atoms with Crippen LogP contribution in [-0.4, -0.2) is 31.3 Å². The van der Waals surface area contributed by atoms with Gasteiger partial charge in [-0.1, -0.05) is 0 Å². The summed E-state index contributed by atoms with van der Waals surface area (Å²) in [6, 6.07) is 1.57. The molecule has 0 saturated carbocycles. The monoisotopic (exact) mass is 366 g/mol. The molecule has 0 radical (unpaired) electrons. The Bertz CT molecular complexity index is 616. The van der Waals surface area contributed by atoms with Crippen molar-refractivity contribution in [1.29, 1.82) is 0 Å². The zero-order valence-electron chi connectivity index (χ0n) is 13.9. The lowest BCUT2D eigenvalue weighted by Crippen LogP contribution is -2.26. The molecule has 2 unspecified atom stereocenters. The van der Waals surface area contributed by atoms with Crippen LogP contribution in [0.3, 0.4) is 0 Å². The minimum Gasteiger partial charge on any atom is -0.465 e. The van der Waals surface area contributed by atoms with Crippen molar-refractivity contribution in [2.75, 3.05) is 26.0 Å². The van der Waals surface area contributed by atoms with E-state index in [1.807, 2.05) is 0 Å². The van der Waals surface area contributed by atoms with E-state index in [2.05, 4.69) is 0 Å². The lowest BCUT2D eigenvalue weighted by atomic mass is 10.3. The highest BCUT2D eigenvalue weighted by Crippen LogP contribution is 2.72. The first-order valence-electron chi connectivity index (χ1n) is 7.74. The maximum atomic E-state index is 13.2. The van der Waals surface area contributed by atoms with Gasteiger partial charge in [0, 0.05) is 6.16 Å². The fraction of sp³-hybridized carbons (Fsp3) is 0.714. The van der Waals surface area contributed by atoms with Crippen LogP contribution in [-0.2, 0) is 22.7 Å². The maximum Gasteiger partial charge on any atom is 0.362 e. The maximum absolute atomic E-state index is 13.2. The second-order valence-corrected chi connectivity index (χ2v) is 10.2. The molecular formula is C14H24O7P2. The van der Waals surface area contributed by atoms with Crippen LogP contribution >= 0.6 is 15.0 Å². The predicted molar refractivity (Wildman–Crippen MR) is 87.0 cm³/mol. The zero-order valence-corrected chi connectivity index (χ0v) is 15.7. The van der Waals surface area contributed by atoms with E-state index in [9.17, 15) is 9.13 Å². The Morgan fingerprint density at radius 2 is 1.91 bits per heavy atom. The lowest BCUT2D eigenvalue weighted by Gasteiger charge is -2.31. The van der Waals surface area contributed by atoms with Crippen molar-refractivity contribution in [3.05, 3.63) is 12.3 Å². The van der Waals surface area contributed by atoms with Gasteiger partial charge in [-0.2, -0.15) is 0 Å². The fourth-order valence-corrected chi connectivity index (χ4v) is 7.77. The van der Waals surface area contributed by atoms with E-state index in [1.165, 1.54) is 6.26 Å². The Morgan fingerprint density at radius 1 is 1.26 bits per heavy atom. The first kappa shape index (κ1) is 18.8. The van der Waals surface area contributed by atoms with E-state index >= 15 is 0 Å². The van der Waals surface area contributed by atoms with Crippen LogP contribution in [0.5, 0.6) is 5.95 Å². The summed E-state index contributed by atoms with van der Waals surface area (Å²) in [7, 11) is -6.82. The Morgan fingerprint density at radius 3 is 2.48 bits per heavy atom. The summed E-state index contributed by atoms with van der Waals surface area (Å²) in [5.74, 6) is 0.183. The van der Waals surface area contributed by atoms with Gasteiger partial charge in [0.05, 0.1) is 26.1 Å². The van der Waals surface area contributed by atoms with E-state index in [-0.39, 0.29) is 25.3 Å². The number of ether oxygens (including phenoxy) is 1. The van der Waals surface area contributed by atoms with Crippen molar-refractivity contribution < 1.29 is 31.9 Å². The molecule has 0 N–H and O–H groups in total. The zero-order chi connectivity index (χ0) is 17.1. The van der Waals surface area contributed by atoms with Gasteiger partial charge in [-0.05, 0) is 40.2 Å². The smallest absolute Gasteiger partial charge is 0.362 e. The number of furan rings is 1. The second kappa shape index (κ2) is 7.12. The molecule has 1 saturated heterocycles. The molecule has 1 aromatic heterocycles. The Balaban J connectivity index is 2.32. The van der Waals surface area contributed by atoms with Gasteiger partial charge in [-0.3, -0.25) is 9.13 Å². The lowest BCUT2D eigenvalue weighted by molar-refractivity contribution is 0.119. The fourth-order valence-electron chi connectivity index (χ4n) is 2.55. The molecule has 2 heterocycles. The van der Waals surface area contributed by atoms with Gasteiger partial charge >= 0.3 is 7.60 Å². The summed E-state index contributed by atoms with van der Waals surface area (Å²) in [6.07, 6.45) is 1.94. The molecule has 2 rings (SSSR count). The average molecular weight is 366 g/mol. The molecule has 0 amide bonds. The molecule has 1 aromatic rings. The third-order valence-electron chi connectivity index (χ3n) is 3.64. The Hall–Kier alpha value is -0.580. The quantitative estimate of drug-likeness (QED) is 0.643. The van der Waals surface area contributed by atoms with E-state index in [4.69, 9.17) is 22.7 Å². The topological polar surface area (TPSA) is 84.2 Å². The van der Waals surface area contributed by atoms with Gasteiger partial charge in [0.2, 0.25) is 7.37 Å². The van der Waals surface area contributed by atoms with Crippen molar-refractivity contribution in [3.8, 4) is 5.95 Å². The summed E-state index contributed by atoms with van der Waals surface area (Å²) in [5, 5.41) is -0.877. The van der Waals surface area contributed by atoms with E-state index in [0.29, 0.717) is 18.3 Å². The predicted octanol–water partition coefficient (Wildman–Crippen LogP) is 3.98. The summed E-state index contributed by atoms with van der Waals surface area (Å²) in [6.45, 7) is 7.71. The second-order valence-electron chi connectivity index (χ2n) is 5.27. The van der Waals surface area contributed by atoms with Crippen molar-refractivity contribution in [2.24, 2.45) is 0 Å². The van der Waals surface area contributed by atoms with Crippen LogP contribution in [0.1, 0.15) is 34.1 Å². The van der Waals surface area contributed by atoms with Crippen LogP contribution in [0, 0.1) is 0 Å². The number of hydrogen-bond acceptors (Lipinski definition) is 7. The molecular weight excluding hydrogens is 342 g/mol. The van der Waals surface area contributed by atoms with Crippen molar-refractivity contribution >= 4 is 20.3 Å². The highest BCUT2D eigenvalue weighted by molar-refractivity contribution is 7.68. The van der Waals surface area contributed by atoms with E-state index < -0.39 is 20.3 Å². The average Bonchev–Trinajstić information content (AvgIpc) is 3.07. The van der Waals surface area contributed by atoms with Crippen molar-refractivity contribution in [1.82, 2.24) is 0 Å². The summed E-state index contributed by atoms with van der Waals surface area (Å²) >= 11 is 0. The standard InChI is InChI=1S/C14H24O7P2/c1-5-17-13-12(8-10-18-13)22(15)11-9-14(4,21-22)23(16,19-6-2)20-7-3/h8,10H,5-7,9,11H2,1-4H3. The van der Waals surface area contributed by atoms with E-state index in [1.54, 1.807) is 33.8 Å². The van der Waals surface area contributed by atoms with E-state index in [0.717, 1.165) is 0 Å². The molecule has 0 aromatic carbocycles. The normalized spacial score (nSPS) is 28.2. The number of hydrogen-bond donors (Lipinski definition) is 0. The molecule has 0 spiro atoms. The molecule has 7 nitrogen and oxygen atoms in total. The van der Waals surface area contributed by atoms with Crippen LogP contribution in [0.15, 0.2) is 16.7 Å². The Kier molecular flexibility index (Phi) is 5.81. The van der Waals surface area contributed by atoms with Gasteiger partial charge in [-0.25, -0.2) is 0 Å². The molecule has 0 bridgehead atoms. The first-order chi connectivity index (χ1) is 10.8. The molecule has 0 aliphatic carbocycles. The molecule has 23 heavy (non-hydrogen) atoms. The molecule has 1 fully saturated rings. The first-order valence-corrected chi connectivity index (χ1v) is 11.1. The van der Waals surface area contributed by atoms with Gasteiger partial charge in [0.1, 0.15) is 5.30 Å². The van der Waals surface area contributed by atoms with Gasteiger partial charge in [0.25, 0.3) is 5.95 Å². The third kappa shape index (κ3) is 3.45. The minimum atomic E-state index is -3.56. The molecule has 9 heteroatoms. The molecule has 132 valence electrons. The number of rotatable bonds is 8. The largest absolute Gasteiger partial charge is 0.465 e. The van der Waals surface area contributed by atoms with Crippen LogP contribution in [0.2, 0.25) is 0 Å². The molecule has 1 aliphatic heterocycles. The van der Waals surface area contributed by atoms with Crippen molar-refractivity contribution in [3.63, 3.8) is 0 Å². The molecule has 1 aliphatic rings. The Labute approximate surface area is 136 Å². The van der Waals surface area contributed by atoms with Crippen LogP contribution in [0.25, 0.3) is 0 Å². The van der Waals surface area contributed by atoms with Crippen molar-refractivity contribution in [2.45, 2.75) is 39.5 Å². The SMILES string of the molecule is CCOc1occc1P1(=O)CCC(C)(P(=O)(OCC)OCC)O1. The molecule has 2 atom stereocenters. The highest BCUT2D eigenvalue weighted by Gasteiger charge is 2.58. The van der Waals surface area contributed by atoms with Crippen LogP contribution < -0.4 is 10.0 Å². The van der Waals surface area contributed by atoms with Crippen LogP contribution in [0.4, 0.5) is 0 Å². The summed E-state index contributed by atoms with van der Waals surface area (Å²) in [5.41, 5.74) is 0. The minimum absolute atomic E-state index is 0.183. The highest BCUT2D eigenvalue weighted by atomic mass is 31.2. The van der Waals surface area contributed by atoms with Gasteiger partial charge < -0.3 is 22.7 Å².